The fraction of sp³-hybridized carbons (Fsp3) is 0.200. The fourth-order valence-corrected chi connectivity index (χ4v) is 2.79. The number of nitrogens with one attached hydrogen (secondary N) is 2. The van der Waals surface area contributed by atoms with Crippen LogP contribution in [0.1, 0.15) is 34.3 Å². The van der Waals surface area contributed by atoms with E-state index in [1.165, 1.54) is 12.1 Å². The summed E-state index contributed by atoms with van der Waals surface area (Å²) < 4.78 is 11.3. The van der Waals surface area contributed by atoms with Crippen molar-refractivity contribution >= 4 is 34.4 Å². The summed E-state index contributed by atoms with van der Waals surface area (Å²) in [5, 5.41) is 12.8. The smallest absolute Gasteiger partial charge is 0.287 e. The minimum atomic E-state index is -0.600. The first-order valence-electron chi connectivity index (χ1n) is 8.67. The first kappa shape index (κ1) is 19.7. The number of ether oxygens (including phenoxy) is 1. The average molecular weight is 403 g/mol. The standard InChI is InChI=1S/C20H19ClN2O5/c1-2-15(11-27-16-6-3-12(4-7-16)19(24)23-26)22-20(25)18-10-13-9-14(21)5-8-17(13)28-18/h3-10,15,26H,2,11H2,1H3,(H,22,25)(H,23,24)/t15-/m0/s1. The molecule has 0 aliphatic rings. The van der Waals surface area contributed by atoms with Crippen LogP contribution in [0.5, 0.6) is 5.75 Å². The lowest BCUT2D eigenvalue weighted by molar-refractivity contribution is 0.0706. The van der Waals surface area contributed by atoms with E-state index >= 15 is 0 Å². The van der Waals surface area contributed by atoms with Gasteiger partial charge in [-0.2, -0.15) is 0 Å². The lowest BCUT2D eigenvalue weighted by atomic mass is 10.2. The Labute approximate surface area is 166 Å². The minimum Gasteiger partial charge on any atom is -0.491 e. The highest BCUT2D eigenvalue weighted by Gasteiger charge is 2.17. The van der Waals surface area contributed by atoms with Crippen molar-refractivity contribution in [1.82, 2.24) is 10.8 Å². The van der Waals surface area contributed by atoms with Gasteiger partial charge in [-0.1, -0.05) is 18.5 Å². The van der Waals surface area contributed by atoms with Crippen LogP contribution in [0.15, 0.2) is 52.9 Å². The Balaban J connectivity index is 1.60. The van der Waals surface area contributed by atoms with E-state index in [-0.39, 0.29) is 24.3 Å². The zero-order valence-corrected chi connectivity index (χ0v) is 15.8. The van der Waals surface area contributed by atoms with Gasteiger partial charge < -0.3 is 14.5 Å². The van der Waals surface area contributed by atoms with Crippen molar-refractivity contribution in [3.63, 3.8) is 0 Å². The van der Waals surface area contributed by atoms with Crippen LogP contribution in [-0.2, 0) is 0 Å². The summed E-state index contributed by atoms with van der Waals surface area (Å²) in [4.78, 5) is 23.8. The molecule has 146 valence electrons. The van der Waals surface area contributed by atoms with Crippen LogP contribution in [-0.4, -0.2) is 29.7 Å². The summed E-state index contributed by atoms with van der Waals surface area (Å²) in [6.07, 6.45) is 0.656. The summed E-state index contributed by atoms with van der Waals surface area (Å²) in [6, 6.07) is 12.9. The maximum Gasteiger partial charge on any atom is 0.287 e. The van der Waals surface area contributed by atoms with Gasteiger partial charge in [0.25, 0.3) is 11.8 Å². The van der Waals surface area contributed by atoms with Crippen LogP contribution in [0.25, 0.3) is 11.0 Å². The molecule has 28 heavy (non-hydrogen) atoms. The van der Waals surface area contributed by atoms with Gasteiger partial charge in [-0.05, 0) is 55.0 Å². The molecule has 2 amide bonds. The molecular weight excluding hydrogens is 384 g/mol. The number of hydroxylamine groups is 1. The molecule has 0 aliphatic carbocycles. The van der Waals surface area contributed by atoms with Crippen molar-refractivity contribution in [2.45, 2.75) is 19.4 Å². The topological polar surface area (TPSA) is 101 Å². The van der Waals surface area contributed by atoms with Crippen LogP contribution < -0.4 is 15.5 Å². The van der Waals surface area contributed by atoms with Crippen LogP contribution in [0.4, 0.5) is 0 Å². The van der Waals surface area contributed by atoms with E-state index < -0.39 is 5.91 Å². The van der Waals surface area contributed by atoms with Gasteiger partial charge in [0.2, 0.25) is 0 Å². The summed E-state index contributed by atoms with van der Waals surface area (Å²) in [7, 11) is 0. The Hall–Kier alpha value is -3.03. The molecule has 0 unspecified atom stereocenters. The fourth-order valence-electron chi connectivity index (χ4n) is 2.61. The van der Waals surface area contributed by atoms with Crippen LogP contribution in [0, 0.1) is 0 Å². The summed E-state index contributed by atoms with van der Waals surface area (Å²) in [5.41, 5.74) is 2.46. The lowest BCUT2D eigenvalue weighted by Crippen LogP contribution is -2.38. The molecule has 3 rings (SSSR count). The molecule has 1 aromatic heterocycles. The van der Waals surface area contributed by atoms with Crippen LogP contribution >= 0.6 is 11.6 Å². The Morgan fingerprint density at radius 1 is 1.14 bits per heavy atom. The summed E-state index contributed by atoms with van der Waals surface area (Å²) >= 11 is 5.96. The second-order valence-electron chi connectivity index (χ2n) is 6.15. The van der Waals surface area contributed by atoms with E-state index in [1.54, 1.807) is 41.9 Å². The maximum atomic E-state index is 12.5. The number of hydrogen-bond acceptors (Lipinski definition) is 5. The molecule has 0 fully saturated rings. The Morgan fingerprint density at radius 2 is 1.89 bits per heavy atom. The van der Waals surface area contributed by atoms with E-state index in [0.29, 0.717) is 28.3 Å². The molecule has 0 aliphatic heterocycles. The predicted octanol–water partition coefficient (Wildman–Crippen LogP) is 3.79. The van der Waals surface area contributed by atoms with E-state index in [9.17, 15) is 9.59 Å². The number of hydrogen-bond donors (Lipinski definition) is 3. The van der Waals surface area contributed by atoms with Gasteiger partial charge in [-0.3, -0.25) is 14.8 Å². The summed E-state index contributed by atoms with van der Waals surface area (Å²) in [5.74, 6) is -0.189. The second kappa shape index (κ2) is 8.77. The molecule has 1 heterocycles. The van der Waals surface area contributed by atoms with Crippen molar-refractivity contribution < 1.29 is 24.0 Å². The van der Waals surface area contributed by atoms with Gasteiger partial charge in [0.1, 0.15) is 17.9 Å². The molecule has 1 atom stereocenters. The molecule has 0 bridgehead atoms. The molecule has 0 saturated carbocycles. The molecule has 0 spiro atoms. The van der Waals surface area contributed by atoms with Crippen LogP contribution in [0.2, 0.25) is 5.02 Å². The molecule has 7 nitrogen and oxygen atoms in total. The van der Waals surface area contributed by atoms with E-state index in [2.05, 4.69) is 5.32 Å². The number of rotatable bonds is 7. The molecular formula is C20H19ClN2O5. The van der Waals surface area contributed by atoms with E-state index in [4.69, 9.17) is 26.0 Å². The Kier molecular flexibility index (Phi) is 6.18. The van der Waals surface area contributed by atoms with Gasteiger partial charge in [-0.15, -0.1) is 0 Å². The average Bonchev–Trinajstić information content (AvgIpc) is 3.14. The monoisotopic (exact) mass is 402 g/mol. The molecule has 3 aromatic rings. The van der Waals surface area contributed by atoms with Crippen molar-refractivity contribution in [3.8, 4) is 5.75 Å². The van der Waals surface area contributed by atoms with Gasteiger partial charge in [0.05, 0.1) is 6.04 Å². The van der Waals surface area contributed by atoms with Crippen LogP contribution in [0.3, 0.4) is 0 Å². The molecule has 3 N–H and O–H groups in total. The van der Waals surface area contributed by atoms with Gasteiger partial charge in [0, 0.05) is 16.0 Å². The summed E-state index contributed by atoms with van der Waals surface area (Å²) in [6.45, 7) is 2.18. The van der Waals surface area contributed by atoms with Gasteiger partial charge in [0.15, 0.2) is 5.76 Å². The third-order valence-electron chi connectivity index (χ3n) is 4.20. The minimum absolute atomic E-state index is 0.204. The first-order valence-corrected chi connectivity index (χ1v) is 9.05. The van der Waals surface area contributed by atoms with E-state index in [1.807, 2.05) is 6.92 Å². The molecule has 8 heteroatoms. The predicted molar refractivity (Wildman–Crippen MR) is 104 cm³/mol. The highest BCUT2D eigenvalue weighted by Crippen LogP contribution is 2.23. The highest BCUT2D eigenvalue weighted by molar-refractivity contribution is 6.31. The SMILES string of the molecule is CC[C@@H](COc1ccc(C(=O)NO)cc1)NC(=O)c1cc2cc(Cl)ccc2o1. The van der Waals surface area contributed by atoms with Gasteiger partial charge >= 0.3 is 0 Å². The number of amides is 2. The number of fused-ring (bicyclic) bond motifs is 1. The largest absolute Gasteiger partial charge is 0.491 e. The maximum absolute atomic E-state index is 12.5. The number of carbonyl (C=O) groups is 2. The highest BCUT2D eigenvalue weighted by atomic mass is 35.5. The lowest BCUT2D eigenvalue weighted by Gasteiger charge is -2.17. The number of halogens is 1. The third kappa shape index (κ3) is 4.62. The number of benzene rings is 2. The van der Waals surface area contributed by atoms with Crippen molar-refractivity contribution in [3.05, 3.63) is 64.9 Å². The zero-order valence-electron chi connectivity index (χ0n) is 15.1. The second-order valence-corrected chi connectivity index (χ2v) is 6.58. The number of carbonyl (C=O) groups excluding carboxylic acids is 2. The normalized spacial score (nSPS) is 11.8. The first-order chi connectivity index (χ1) is 13.5. The Morgan fingerprint density at radius 3 is 2.57 bits per heavy atom. The Bertz CT molecular complexity index is 984. The number of furan rings is 1. The molecule has 2 aromatic carbocycles. The molecule has 0 radical (unpaired) electrons. The third-order valence-corrected chi connectivity index (χ3v) is 4.43. The van der Waals surface area contributed by atoms with Crippen molar-refractivity contribution in [2.75, 3.05) is 6.61 Å². The van der Waals surface area contributed by atoms with Gasteiger partial charge in [-0.25, -0.2) is 5.48 Å². The van der Waals surface area contributed by atoms with Crippen molar-refractivity contribution in [2.24, 2.45) is 0 Å². The zero-order chi connectivity index (χ0) is 20.1. The molecule has 0 saturated heterocycles. The quantitative estimate of drug-likeness (QED) is 0.412. The van der Waals surface area contributed by atoms with E-state index in [0.717, 1.165) is 5.39 Å². The van der Waals surface area contributed by atoms with Crippen molar-refractivity contribution in [1.29, 1.82) is 0 Å².